The van der Waals surface area contributed by atoms with E-state index < -0.39 is 0 Å². The van der Waals surface area contributed by atoms with E-state index >= 15 is 0 Å². The van der Waals surface area contributed by atoms with Crippen molar-refractivity contribution in [3.8, 4) is 22.9 Å². The van der Waals surface area contributed by atoms with E-state index in [4.69, 9.17) is 9.47 Å². The summed E-state index contributed by atoms with van der Waals surface area (Å²) in [5.74, 6) is 1.67. The Morgan fingerprint density at radius 2 is 1.81 bits per heavy atom. The molecular weight excluding hydrogens is 430 g/mol. The Labute approximate surface area is 166 Å². The van der Waals surface area contributed by atoms with E-state index in [0.29, 0.717) is 26.8 Å². The number of fused-ring (bicyclic) bond motifs is 1. The molecule has 27 heavy (non-hydrogen) atoms. The molecule has 0 aliphatic carbocycles. The van der Waals surface area contributed by atoms with Crippen molar-refractivity contribution in [2.24, 2.45) is 0 Å². The van der Waals surface area contributed by atoms with Crippen LogP contribution in [0.15, 0.2) is 51.7 Å². The first-order chi connectivity index (χ1) is 13.1. The molecule has 4 rings (SSSR count). The fourth-order valence-electron chi connectivity index (χ4n) is 2.64. The lowest BCUT2D eigenvalue weighted by Crippen LogP contribution is -2.23. The average Bonchev–Trinajstić information content (AvgIpc) is 3.23. The molecule has 6 nitrogen and oxygen atoms in total. The number of hydrogen-bond donors (Lipinski definition) is 0. The van der Waals surface area contributed by atoms with Crippen LogP contribution in [-0.2, 0) is 0 Å². The van der Waals surface area contributed by atoms with Gasteiger partial charge in [0.25, 0.3) is 5.56 Å². The fraction of sp³-hybridized carbons (Fsp3) is 0.105. The predicted octanol–water partition coefficient (Wildman–Crippen LogP) is 3.15. The summed E-state index contributed by atoms with van der Waals surface area (Å²) in [6.07, 6.45) is 1.84. The van der Waals surface area contributed by atoms with Crippen LogP contribution in [0.2, 0.25) is 0 Å². The molecular formula is C19H14BrN3O3S. The molecule has 0 saturated carbocycles. The van der Waals surface area contributed by atoms with Gasteiger partial charge in [-0.1, -0.05) is 39.4 Å². The Bertz CT molecular complexity index is 1230. The first kappa shape index (κ1) is 17.7. The first-order valence-electron chi connectivity index (χ1n) is 7.98. The number of rotatable bonds is 4. The summed E-state index contributed by atoms with van der Waals surface area (Å²) in [6, 6.07) is 13.2. The van der Waals surface area contributed by atoms with E-state index in [-0.39, 0.29) is 5.56 Å². The molecule has 0 amide bonds. The van der Waals surface area contributed by atoms with Crippen LogP contribution in [0.1, 0.15) is 5.56 Å². The molecule has 2 aromatic heterocycles. The highest BCUT2D eigenvalue weighted by atomic mass is 79.9. The number of methoxy groups -OCH3 is 2. The van der Waals surface area contributed by atoms with Crippen molar-refractivity contribution in [2.75, 3.05) is 14.2 Å². The standard InChI is InChI=1S/C19H14BrN3O3S/c1-25-14-8-5-12(10-15(14)26-2)17-21-19-23(22-17)18(24)16(27-19)9-11-3-6-13(20)7-4-11/h3-10H,1-2H3/b16-9-. The molecule has 0 spiro atoms. The molecule has 0 saturated heterocycles. The van der Waals surface area contributed by atoms with Crippen molar-refractivity contribution < 1.29 is 9.47 Å². The zero-order chi connectivity index (χ0) is 19.0. The van der Waals surface area contributed by atoms with Crippen LogP contribution >= 0.6 is 27.3 Å². The average molecular weight is 444 g/mol. The van der Waals surface area contributed by atoms with Gasteiger partial charge in [-0.25, -0.2) is 0 Å². The third-order valence-electron chi connectivity index (χ3n) is 3.99. The van der Waals surface area contributed by atoms with E-state index in [1.165, 1.54) is 15.9 Å². The topological polar surface area (TPSA) is 65.7 Å². The summed E-state index contributed by atoms with van der Waals surface area (Å²) in [5.41, 5.74) is 1.51. The Balaban J connectivity index is 1.77. The van der Waals surface area contributed by atoms with Gasteiger partial charge in [0.05, 0.1) is 18.8 Å². The van der Waals surface area contributed by atoms with Crippen LogP contribution < -0.4 is 19.6 Å². The van der Waals surface area contributed by atoms with Gasteiger partial charge in [-0.3, -0.25) is 4.79 Å². The van der Waals surface area contributed by atoms with Gasteiger partial charge in [0.15, 0.2) is 17.3 Å². The SMILES string of the molecule is COc1ccc(-c2nc3s/c(=C\c4ccc(Br)cc4)c(=O)n3n2)cc1OC. The normalized spacial score (nSPS) is 11.9. The zero-order valence-corrected chi connectivity index (χ0v) is 16.9. The number of aromatic nitrogens is 3. The predicted molar refractivity (Wildman–Crippen MR) is 109 cm³/mol. The number of nitrogens with zero attached hydrogens (tertiary/aromatic N) is 3. The van der Waals surface area contributed by atoms with Crippen LogP contribution in [0, 0.1) is 0 Å². The molecule has 8 heteroatoms. The Kier molecular flexibility index (Phi) is 4.67. The van der Waals surface area contributed by atoms with E-state index in [0.717, 1.165) is 15.6 Å². The smallest absolute Gasteiger partial charge is 0.291 e. The summed E-state index contributed by atoms with van der Waals surface area (Å²) in [5, 5.41) is 4.37. The zero-order valence-electron chi connectivity index (χ0n) is 14.5. The maximum atomic E-state index is 12.7. The quantitative estimate of drug-likeness (QED) is 0.484. The highest BCUT2D eigenvalue weighted by molar-refractivity contribution is 9.10. The van der Waals surface area contributed by atoms with E-state index in [2.05, 4.69) is 26.0 Å². The maximum absolute atomic E-state index is 12.7. The molecule has 0 atom stereocenters. The number of benzene rings is 2. The molecule has 0 N–H and O–H groups in total. The van der Waals surface area contributed by atoms with Crippen molar-refractivity contribution in [1.29, 1.82) is 0 Å². The number of ether oxygens (including phenoxy) is 2. The third kappa shape index (κ3) is 3.33. The largest absolute Gasteiger partial charge is 0.493 e. The van der Waals surface area contributed by atoms with Gasteiger partial charge in [0.2, 0.25) is 4.96 Å². The summed E-state index contributed by atoms with van der Waals surface area (Å²) in [7, 11) is 3.15. The molecule has 0 aliphatic rings. The summed E-state index contributed by atoms with van der Waals surface area (Å²) in [4.78, 5) is 17.7. The minimum absolute atomic E-state index is 0.183. The highest BCUT2D eigenvalue weighted by Gasteiger charge is 2.14. The molecule has 0 unspecified atom stereocenters. The van der Waals surface area contributed by atoms with Crippen molar-refractivity contribution >= 4 is 38.3 Å². The van der Waals surface area contributed by atoms with Gasteiger partial charge in [-0.2, -0.15) is 9.50 Å². The van der Waals surface area contributed by atoms with Crippen LogP contribution in [-0.4, -0.2) is 28.8 Å². The van der Waals surface area contributed by atoms with E-state index in [1.54, 1.807) is 26.4 Å². The lowest BCUT2D eigenvalue weighted by atomic mass is 10.2. The second-order valence-electron chi connectivity index (χ2n) is 5.67. The number of halogens is 1. The van der Waals surface area contributed by atoms with Crippen molar-refractivity contribution in [3.05, 3.63) is 67.4 Å². The van der Waals surface area contributed by atoms with E-state index in [1.807, 2.05) is 36.4 Å². The van der Waals surface area contributed by atoms with Gasteiger partial charge in [0, 0.05) is 10.0 Å². The van der Waals surface area contributed by atoms with Crippen LogP contribution in [0.5, 0.6) is 11.5 Å². The van der Waals surface area contributed by atoms with Crippen molar-refractivity contribution in [3.63, 3.8) is 0 Å². The Hall–Kier alpha value is -2.71. The molecule has 2 aromatic carbocycles. The summed E-state index contributed by atoms with van der Waals surface area (Å²) in [6.45, 7) is 0. The van der Waals surface area contributed by atoms with Gasteiger partial charge in [0.1, 0.15) is 0 Å². The third-order valence-corrected chi connectivity index (χ3v) is 5.48. The minimum Gasteiger partial charge on any atom is -0.493 e. The molecule has 136 valence electrons. The summed E-state index contributed by atoms with van der Waals surface area (Å²) >= 11 is 4.71. The second kappa shape index (κ2) is 7.13. The second-order valence-corrected chi connectivity index (χ2v) is 7.59. The Morgan fingerprint density at radius 3 is 2.48 bits per heavy atom. The number of thiazole rings is 1. The molecule has 0 radical (unpaired) electrons. The van der Waals surface area contributed by atoms with Crippen LogP contribution in [0.25, 0.3) is 22.4 Å². The van der Waals surface area contributed by atoms with Gasteiger partial charge < -0.3 is 9.47 Å². The Morgan fingerprint density at radius 1 is 1.07 bits per heavy atom. The molecule has 2 heterocycles. The minimum atomic E-state index is -0.183. The van der Waals surface area contributed by atoms with Crippen molar-refractivity contribution in [2.45, 2.75) is 0 Å². The first-order valence-corrected chi connectivity index (χ1v) is 9.59. The van der Waals surface area contributed by atoms with Crippen molar-refractivity contribution in [1.82, 2.24) is 14.6 Å². The lowest BCUT2D eigenvalue weighted by Gasteiger charge is -2.07. The van der Waals surface area contributed by atoms with Gasteiger partial charge >= 0.3 is 0 Å². The maximum Gasteiger partial charge on any atom is 0.291 e. The highest BCUT2D eigenvalue weighted by Crippen LogP contribution is 2.31. The number of hydrogen-bond acceptors (Lipinski definition) is 6. The monoisotopic (exact) mass is 443 g/mol. The summed E-state index contributed by atoms with van der Waals surface area (Å²) < 4.78 is 13.5. The fourth-order valence-corrected chi connectivity index (χ4v) is 3.81. The van der Waals surface area contributed by atoms with Crippen LogP contribution in [0.3, 0.4) is 0 Å². The molecule has 0 bridgehead atoms. The van der Waals surface area contributed by atoms with E-state index in [9.17, 15) is 4.79 Å². The van der Waals surface area contributed by atoms with Gasteiger partial charge in [-0.05, 0) is 42.0 Å². The molecule has 4 aromatic rings. The molecule has 0 fully saturated rings. The van der Waals surface area contributed by atoms with Crippen LogP contribution in [0.4, 0.5) is 0 Å². The van der Waals surface area contributed by atoms with Gasteiger partial charge in [-0.15, -0.1) is 5.10 Å². The molecule has 0 aliphatic heterocycles. The lowest BCUT2D eigenvalue weighted by molar-refractivity contribution is 0.355.